The summed E-state index contributed by atoms with van der Waals surface area (Å²) in [6.07, 6.45) is 3.60. The molecule has 1 aromatic rings. The largest absolute Gasteiger partial charge is 0.314 e. The zero-order valence-electron chi connectivity index (χ0n) is 12.2. The summed E-state index contributed by atoms with van der Waals surface area (Å²) in [5.41, 5.74) is 0.208. The van der Waals surface area contributed by atoms with Crippen molar-refractivity contribution in [1.29, 1.82) is 0 Å². The molecule has 1 nitrogen and oxygen atoms in total. The summed E-state index contributed by atoms with van der Waals surface area (Å²) in [5, 5.41) is 3.35. The normalized spacial score (nSPS) is 12.9. The number of rotatable bonds is 8. The van der Waals surface area contributed by atoms with Crippen LogP contribution in [0.2, 0.25) is 0 Å². The van der Waals surface area contributed by atoms with Crippen molar-refractivity contribution in [2.45, 2.75) is 52.5 Å². The van der Waals surface area contributed by atoms with Gasteiger partial charge in [-0.05, 0) is 37.4 Å². The van der Waals surface area contributed by atoms with Crippen molar-refractivity contribution in [3.8, 4) is 0 Å². The SMILES string of the molecule is CCNC(Cc1c(F)cccc1F)CC(CC)CC. The van der Waals surface area contributed by atoms with E-state index in [1.807, 2.05) is 6.92 Å². The van der Waals surface area contributed by atoms with Crippen molar-refractivity contribution in [2.24, 2.45) is 5.92 Å². The molecule has 0 saturated heterocycles. The molecule has 0 fully saturated rings. The minimum Gasteiger partial charge on any atom is -0.314 e. The Kier molecular flexibility index (Phi) is 7.00. The summed E-state index contributed by atoms with van der Waals surface area (Å²) in [7, 11) is 0. The molecular formula is C16H25F2N. The summed E-state index contributed by atoms with van der Waals surface area (Å²) in [6.45, 7) is 7.18. The first kappa shape index (κ1) is 16.1. The van der Waals surface area contributed by atoms with Crippen molar-refractivity contribution in [2.75, 3.05) is 6.54 Å². The first-order chi connectivity index (χ1) is 9.12. The third kappa shape index (κ3) is 4.90. The Bertz CT molecular complexity index is 355. The Morgan fingerprint density at radius 3 is 2.11 bits per heavy atom. The highest BCUT2D eigenvalue weighted by molar-refractivity contribution is 5.20. The molecule has 0 heterocycles. The molecule has 1 unspecified atom stereocenters. The molecule has 1 atom stereocenters. The number of hydrogen-bond donors (Lipinski definition) is 1. The Morgan fingerprint density at radius 1 is 1.05 bits per heavy atom. The second-order valence-electron chi connectivity index (χ2n) is 5.08. The molecule has 1 rings (SSSR count). The van der Waals surface area contributed by atoms with E-state index in [4.69, 9.17) is 0 Å². The standard InChI is InChI=1S/C16H25F2N/c1-4-12(5-2)10-13(19-6-3)11-14-15(17)8-7-9-16(14)18/h7-9,12-13,19H,4-6,10-11H2,1-3H3. The quantitative estimate of drug-likeness (QED) is 0.741. The minimum absolute atomic E-state index is 0.140. The molecule has 0 bridgehead atoms. The monoisotopic (exact) mass is 269 g/mol. The highest BCUT2D eigenvalue weighted by Crippen LogP contribution is 2.20. The molecule has 1 N–H and O–H groups in total. The van der Waals surface area contributed by atoms with E-state index < -0.39 is 11.6 Å². The lowest BCUT2D eigenvalue weighted by molar-refractivity contribution is 0.361. The lowest BCUT2D eigenvalue weighted by atomic mass is 9.91. The van der Waals surface area contributed by atoms with Crippen LogP contribution < -0.4 is 5.32 Å². The van der Waals surface area contributed by atoms with Gasteiger partial charge in [-0.2, -0.15) is 0 Å². The molecular weight excluding hydrogens is 244 g/mol. The van der Waals surface area contributed by atoms with E-state index in [-0.39, 0.29) is 11.6 Å². The van der Waals surface area contributed by atoms with E-state index in [1.54, 1.807) is 0 Å². The van der Waals surface area contributed by atoms with Crippen LogP contribution in [0.3, 0.4) is 0 Å². The molecule has 0 saturated carbocycles. The van der Waals surface area contributed by atoms with Crippen LogP contribution in [0.4, 0.5) is 8.78 Å². The summed E-state index contributed by atoms with van der Waals surface area (Å²) in [4.78, 5) is 0. The molecule has 19 heavy (non-hydrogen) atoms. The third-order valence-corrected chi connectivity index (χ3v) is 3.78. The van der Waals surface area contributed by atoms with Crippen molar-refractivity contribution in [3.05, 3.63) is 35.4 Å². The first-order valence-corrected chi connectivity index (χ1v) is 7.28. The number of benzene rings is 1. The topological polar surface area (TPSA) is 12.0 Å². The van der Waals surface area contributed by atoms with Crippen molar-refractivity contribution < 1.29 is 8.78 Å². The summed E-state index contributed by atoms with van der Waals surface area (Å²) in [5.74, 6) is -0.265. The Hall–Kier alpha value is -0.960. The maximum Gasteiger partial charge on any atom is 0.129 e. The maximum atomic E-state index is 13.7. The number of halogens is 2. The van der Waals surface area contributed by atoms with Gasteiger partial charge < -0.3 is 5.32 Å². The van der Waals surface area contributed by atoms with Gasteiger partial charge in [-0.25, -0.2) is 8.78 Å². The van der Waals surface area contributed by atoms with E-state index in [9.17, 15) is 8.78 Å². The second-order valence-corrected chi connectivity index (χ2v) is 5.08. The molecule has 0 radical (unpaired) electrons. The van der Waals surface area contributed by atoms with Gasteiger partial charge in [-0.15, -0.1) is 0 Å². The Balaban J connectivity index is 2.77. The predicted octanol–water partition coefficient (Wildman–Crippen LogP) is 4.31. The molecule has 108 valence electrons. The van der Waals surface area contributed by atoms with E-state index in [0.29, 0.717) is 12.3 Å². The van der Waals surface area contributed by atoms with Crippen LogP contribution in [0.15, 0.2) is 18.2 Å². The smallest absolute Gasteiger partial charge is 0.129 e. The first-order valence-electron chi connectivity index (χ1n) is 7.28. The second kappa shape index (κ2) is 8.26. The molecule has 0 spiro atoms. The average molecular weight is 269 g/mol. The van der Waals surface area contributed by atoms with Gasteiger partial charge in [0.15, 0.2) is 0 Å². The number of hydrogen-bond acceptors (Lipinski definition) is 1. The maximum absolute atomic E-state index is 13.7. The fourth-order valence-electron chi connectivity index (χ4n) is 2.53. The van der Waals surface area contributed by atoms with Gasteiger partial charge in [-0.1, -0.05) is 39.7 Å². The third-order valence-electron chi connectivity index (χ3n) is 3.78. The highest BCUT2D eigenvalue weighted by Gasteiger charge is 2.18. The van der Waals surface area contributed by atoms with E-state index in [0.717, 1.165) is 25.8 Å². The van der Waals surface area contributed by atoms with Gasteiger partial charge in [0, 0.05) is 11.6 Å². The summed E-state index contributed by atoms with van der Waals surface area (Å²) in [6, 6.07) is 4.22. The molecule has 0 amide bonds. The molecule has 0 aliphatic heterocycles. The average Bonchev–Trinajstić information content (AvgIpc) is 2.40. The van der Waals surface area contributed by atoms with Crippen molar-refractivity contribution >= 4 is 0 Å². The molecule has 3 heteroatoms. The molecule has 1 aromatic carbocycles. The minimum atomic E-state index is -0.438. The lowest BCUT2D eigenvalue weighted by Crippen LogP contribution is -2.33. The highest BCUT2D eigenvalue weighted by atomic mass is 19.1. The van der Waals surface area contributed by atoms with Crippen LogP contribution in [-0.4, -0.2) is 12.6 Å². The lowest BCUT2D eigenvalue weighted by Gasteiger charge is -2.23. The summed E-state index contributed by atoms with van der Waals surface area (Å²) >= 11 is 0. The predicted molar refractivity (Wildman–Crippen MR) is 76.2 cm³/mol. The van der Waals surface area contributed by atoms with Crippen LogP contribution in [0, 0.1) is 17.6 Å². The zero-order chi connectivity index (χ0) is 14.3. The van der Waals surface area contributed by atoms with Gasteiger partial charge in [0.05, 0.1) is 0 Å². The van der Waals surface area contributed by atoms with Gasteiger partial charge in [0.2, 0.25) is 0 Å². The molecule has 0 aromatic heterocycles. The fourth-order valence-corrected chi connectivity index (χ4v) is 2.53. The van der Waals surface area contributed by atoms with Gasteiger partial charge in [0.1, 0.15) is 11.6 Å². The fraction of sp³-hybridized carbons (Fsp3) is 0.625. The van der Waals surface area contributed by atoms with Crippen LogP contribution >= 0.6 is 0 Å². The number of likely N-dealkylation sites (N-methyl/N-ethyl adjacent to an activating group) is 1. The molecule has 0 aliphatic rings. The Labute approximate surface area is 115 Å². The van der Waals surface area contributed by atoms with Gasteiger partial charge in [0.25, 0.3) is 0 Å². The summed E-state index contributed by atoms with van der Waals surface area (Å²) < 4.78 is 27.4. The van der Waals surface area contributed by atoms with E-state index in [2.05, 4.69) is 19.2 Å². The van der Waals surface area contributed by atoms with Crippen LogP contribution in [0.5, 0.6) is 0 Å². The van der Waals surface area contributed by atoms with E-state index in [1.165, 1.54) is 18.2 Å². The van der Waals surface area contributed by atoms with Gasteiger partial charge in [-0.3, -0.25) is 0 Å². The zero-order valence-corrected chi connectivity index (χ0v) is 12.2. The van der Waals surface area contributed by atoms with Crippen LogP contribution in [0.25, 0.3) is 0 Å². The van der Waals surface area contributed by atoms with Crippen LogP contribution in [-0.2, 0) is 6.42 Å². The number of nitrogens with one attached hydrogen (secondary N) is 1. The van der Waals surface area contributed by atoms with Crippen molar-refractivity contribution in [1.82, 2.24) is 5.32 Å². The molecule has 0 aliphatic carbocycles. The van der Waals surface area contributed by atoms with Gasteiger partial charge >= 0.3 is 0 Å². The van der Waals surface area contributed by atoms with E-state index >= 15 is 0 Å². The van der Waals surface area contributed by atoms with Crippen LogP contribution in [0.1, 0.15) is 45.6 Å². The van der Waals surface area contributed by atoms with Crippen molar-refractivity contribution in [3.63, 3.8) is 0 Å². The Morgan fingerprint density at radius 2 is 1.63 bits per heavy atom.